The van der Waals surface area contributed by atoms with Crippen LogP contribution < -0.4 is 16.0 Å². The van der Waals surface area contributed by atoms with Crippen LogP contribution in [0.2, 0.25) is 0 Å². The summed E-state index contributed by atoms with van der Waals surface area (Å²) >= 11 is 0. The van der Waals surface area contributed by atoms with Crippen LogP contribution in [-0.4, -0.2) is 78.6 Å². The monoisotopic (exact) mass is 676 g/mol. The third-order valence-electron chi connectivity index (χ3n) is 8.59. The molecule has 2 aliphatic heterocycles. The van der Waals surface area contributed by atoms with Crippen LogP contribution in [0.15, 0.2) is 54.9 Å². The molecule has 2 amide bonds. The minimum absolute atomic E-state index is 0.0415. The van der Waals surface area contributed by atoms with E-state index in [1.54, 1.807) is 0 Å². The first-order valence-electron chi connectivity index (χ1n) is 15.3. The first-order chi connectivity index (χ1) is 22.4. The average molecular weight is 677 g/mol. The maximum Gasteiger partial charge on any atom is 0.282 e. The van der Waals surface area contributed by atoms with Gasteiger partial charge in [-0.1, -0.05) is 12.1 Å². The molecular weight excluding hydrogens is 640 g/mol. The third-order valence-corrected chi connectivity index (χ3v) is 10.7. The smallest absolute Gasteiger partial charge is 0.282 e. The van der Waals surface area contributed by atoms with E-state index in [0.29, 0.717) is 37.1 Å². The van der Waals surface area contributed by atoms with Crippen molar-refractivity contribution < 1.29 is 35.6 Å². The van der Waals surface area contributed by atoms with Crippen molar-refractivity contribution in [2.75, 3.05) is 37.6 Å². The summed E-state index contributed by atoms with van der Waals surface area (Å²) in [6, 6.07) is 5.24. The predicted molar refractivity (Wildman–Crippen MR) is 166 cm³/mol. The van der Waals surface area contributed by atoms with E-state index < -0.39 is 63.3 Å². The molecule has 2 aromatic carbocycles. The van der Waals surface area contributed by atoms with Crippen molar-refractivity contribution in [2.45, 2.75) is 50.6 Å². The van der Waals surface area contributed by atoms with E-state index in [4.69, 9.17) is 5.73 Å². The molecule has 10 nitrogen and oxygen atoms in total. The molecule has 5 rings (SSSR count). The van der Waals surface area contributed by atoms with Crippen LogP contribution in [0, 0.1) is 23.3 Å². The summed E-state index contributed by atoms with van der Waals surface area (Å²) in [6.45, 7) is 2.93. The molecule has 47 heavy (non-hydrogen) atoms. The lowest BCUT2D eigenvalue weighted by Crippen LogP contribution is -2.57. The van der Waals surface area contributed by atoms with Crippen molar-refractivity contribution in [2.24, 2.45) is 5.73 Å². The van der Waals surface area contributed by atoms with Crippen molar-refractivity contribution in [1.29, 1.82) is 0 Å². The van der Waals surface area contributed by atoms with E-state index in [0.717, 1.165) is 56.4 Å². The number of imide groups is 1. The van der Waals surface area contributed by atoms with Crippen molar-refractivity contribution in [3.63, 3.8) is 0 Å². The Morgan fingerprint density at radius 3 is 2.28 bits per heavy atom. The quantitative estimate of drug-likeness (QED) is 0.316. The molecule has 1 aromatic heterocycles. The molecule has 3 aromatic rings. The van der Waals surface area contributed by atoms with Crippen molar-refractivity contribution in [1.82, 2.24) is 18.9 Å². The molecule has 2 fully saturated rings. The van der Waals surface area contributed by atoms with Gasteiger partial charge in [-0.2, -0.15) is 17.0 Å². The third kappa shape index (κ3) is 7.54. The minimum Gasteiger partial charge on any atom is -0.319 e. The summed E-state index contributed by atoms with van der Waals surface area (Å²) in [5, 5.41) is 3.18. The largest absolute Gasteiger partial charge is 0.319 e. The molecule has 15 heteroatoms. The second-order valence-electron chi connectivity index (χ2n) is 11.7. The molecule has 0 spiro atoms. The number of rotatable bonds is 10. The maximum atomic E-state index is 15.5. The van der Waals surface area contributed by atoms with Gasteiger partial charge in [0, 0.05) is 63.2 Å². The number of piperazine rings is 1. The van der Waals surface area contributed by atoms with Gasteiger partial charge in [-0.15, -0.1) is 0 Å². The van der Waals surface area contributed by atoms with Gasteiger partial charge in [0.1, 0.15) is 23.3 Å². The van der Waals surface area contributed by atoms with Gasteiger partial charge in [0.2, 0.25) is 5.91 Å². The standard InChI is InChI=1S/C32H36F4N6O4S/c1-20(43)42(32(44)31(37)30(21-4-6-23(33)7-5-21)22-14-24(34)16-25(35)15-22)29-19-39-18-28(36)27(29)9-8-26-17-38-10-13-41(26)47(45,46)40-11-2-3-12-40/h4-7,14-16,18-19,26,30-31,38H,2-3,8-13,17,37H2,1H3/t26-,30-,31-/m0/s1. The highest BCUT2D eigenvalue weighted by Gasteiger charge is 2.39. The Hall–Kier alpha value is -3.76. The molecule has 3 heterocycles. The highest BCUT2D eigenvalue weighted by Crippen LogP contribution is 2.33. The zero-order valence-electron chi connectivity index (χ0n) is 25.7. The van der Waals surface area contributed by atoms with E-state index >= 15 is 4.39 Å². The number of nitrogens with zero attached hydrogens (tertiary/aromatic N) is 4. The lowest BCUT2D eigenvalue weighted by molar-refractivity contribution is -0.126. The van der Waals surface area contributed by atoms with E-state index in [1.807, 2.05) is 0 Å². The number of benzene rings is 2. The molecule has 3 N–H and O–H groups in total. The first-order valence-corrected chi connectivity index (χ1v) is 16.7. The second-order valence-corrected chi connectivity index (χ2v) is 13.6. The zero-order valence-corrected chi connectivity index (χ0v) is 26.5. The van der Waals surface area contributed by atoms with Crippen LogP contribution >= 0.6 is 0 Å². The number of nitrogens with two attached hydrogens (primary N) is 1. The number of carbonyl (C=O) groups excluding carboxylic acids is 2. The van der Waals surface area contributed by atoms with Crippen LogP contribution in [0.3, 0.4) is 0 Å². The number of anilines is 1. The Morgan fingerprint density at radius 1 is 0.979 bits per heavy atom. The fourth-order valence-electron chi connectivity index (χ4n) is 6.33. The zero-order chi connectivity index (χ0) is 33.9. The molecule has 0 aliphatic carbocycles. The second kappa shape index (κ2) is 14.6. The Bertz CT molecular complexity index is 1700. The number of carbonyl (C=O) groups is 2. The lowest BCUT2D eigenvalue weighted by Gasteiger charge is -2.37. The number of aromatic nitrogens is 1. The topological polar surface area (TPSA) is 129 Å². The summed E-state index contributed by atoms with van der Waals surface area (Å²) in [5.74, 6) is -6.40. The van der Waals surface area contributed by atoms with Crippen molar-refractivity contribution >= 4 is 27.7 Å². The van der Waals surface area contributed by atoms with E-state index in [-0.39, 0.29) is 41.8 Å². The Labute approximate surface area is 270 Å². The van der Waals surface area contributed by atoms with E-state index in [1.165, 1.54) is 20.7 Å². The molecular formula is C32H36F4N6O4S. The van der Waals surface area contributed by atoms with Gasteiger partial charge in [-0.25, -0.2) is 22.5 Å². The van der Waals surface area contributed by atoms with Gasteiger partial charge in [0.25, 0.3) is 16.1 Å². The molecule has 0 bridgehead atoms. The highest BCUT2D eigenvalue weighted by atomic mass is 32.2. The van der Waals surface area contributed by atoms with Crippen molar-refractivity contribution in [3.8, 4) is 0 Å². The minimum atomic E-state index is -3.75. The van der Waals surface area contributed by atoms with Gasteiger partial charge < -0.3 is 11.1 Å². The fourth-order valence-corrected chi connectivity index (χ4v) is 8.22. The molecule has 2 saturated heterocycles. The Morgan fingerprint density at radius 2 is 1.64 bits per heavy atom. The Balaban J connectivity index is 1.47. The van der Waals surface area contributed by atoms with Crippen LogP contribution in [0.1, 0.15) is 48.8 Å². The highest BCUT2D eigenvalue weighted by molar-refractivity contribution is 7.86. The maximum absolute atomic E-state index is 15.5. The molecule has 0 saturated carbocycles. The summed E-state index contributed by atoms with van der Waals surface area (Å²) in [7, 11) is -3.75. The molecule has 252 valence electrons. The van der Waals surface area contributed by atoms with Crippen molar-refractivity contribution in [3.05, 3.63) is 94.8 Å². The van der Waals surface area contributed by atoms with Gasteiger partial charge in [-0.05, 0) is 61.1 Å². The van der Waals surface area contributed by atoms with Gasteiger partial charge in [0.15, 0.2) is 0 Å². The SMILES string of the molecule is CC(=O)N(C(=O)[C@@H](N)[C@@H](c1ccc(F)cc1)c1cc(F)cc(F)c1)c1cncc(F)c1CC[C@H]1CNCCN1S(=O)(=O)N1CCCC1. The fraction of sp³-hybridized carbons (Fsp3) is 0.406. The van der Waals surface area contributed by atoms with Gasteiger partial charge in [0.05, 0.1) is 24.1 Å². The number of hydrogen-bond acceptors (Lipinski definition) is 7. The number of pyridine rings is 1. The summed E-state index contributed by atoms with van der Waals surface area (Å²) < 4.78 is 87.6. The van der Waals surface area contributed by atoms with E-state index in [2.05, 4.69) is 10.3 Å². The Kier molecular flexibility index (Phi) is 10.7. The summed E-state index contributed by atoms with van der Waals surface area (Å²) in [6.07, 6.45) is 3.70. The van der Waals surface area contributed by atoms with Gasteiger partial charge >= 0.3 is 0 Å². The van der Waals surface area contributed by atoms with Crippen LogP contribution in [0.4, 0.5) is 23.2 Å². The average Bonchev–Trinajstić information content (AvgIpc) is 3.58. The lowest BCUT2D eigenvalue weighted by atomic mass is 9.84. The molecule has 0 unspecified atom stereocenters. The predicted octanol–water partition coefficient (Wildman–Crippen LogP) is 3.22. The van der Waals surface area contributed by atoms with E-state index in [9.17, 15) is 31.2 Å². The van der Waals surface area contributed by atoms with Gasteiger partial charge in [-0.3, -0.25) is 14.6 Å². The van der Waals surface area contributed by atoms with Crippen LogP contribution in [0.5, 0.6) is 0 Å². The number of hydrogen-bond donors (Lipinski definition) is 2. The molecule has 2 aliphatic rings. The van der Waals surface area contributed by atoms with Crippen LogP contribution in [-0.2, 0) is 26.2 Å². The summed E-state index contributed by atoms with van der Waals surface area (Å²) in [5.41, 5.74) is 6.40. The first kappa shape index (κ1) is 34.6. The van der Waals surface area contributed by atoms with Crippen LogP contribution in [0.25, 0.3) is 0 Å². The molecule has 3 atom stereocenters. The number of halogens is 4. The summed E-state index contributed by atoms with van der Waals surface area (Å²) in [4.78, 5) is 31.7. The normalized spacial score (nSPS) is 19.0. The number of nitrogens with one attached hydrogen (secondary N) is 1. The number of amides is 2. The molecule has 0 radical (unpaired) electrons.